The number of hydrogen-bond acceptors (Lipinski definition) is 4. The van der Waals surface area contributed by atoms with Gasteiger partial charge in [0.1, 0.15) is 0 Å². The second-order valence-electron chi connectivity index (χ2n) is 5.68. The zero-order valence-electron chi connectivity index (χ0n) is 13.3. The highest BCUT2D eigenvalue weighted by Crippen LogP contribution is 2.29. The van der Waals surface area contributed by atoms with Crippen LogP contribution in [-0.2, 0) is 17.4 Å². The standard InChI is InChI=1S/C16H18F3N3O2/c1-3-11(9(2)13(20)23)8-10-4-6-12(7-5-10)14-21-15(24-22-14)16(17,18)19/h4-7,9,11H,3,8H2,1-2H3,(H2,20,23). The Labute approximate surface area is 137 Å². The fraction of sp³-hybridized carbons (Fsp3) is 0.438. The van der Waals surface area contributed by atoms with Crippen molar-refractivity contribution in [3.8, 4) is 11.4 Å². The van der Waals surface area contributed by atoms with E-state index in [-0.39, 0.29) is 23.6 Å². The highest BCUT2D eigenvalue weighted by Gasteiger charge is 2.38. The van der Waals surface area contributed by atoms with Crippen LogP contribution in [0.25, 0.3) is 11.4 Å². The molecular formula is C16H18F3N3O2. The Kier molecular flexibility index (Phi) is 5.26. The average molecular weight is 341 g/mol. The quantitative estimate of drug-likeness (QED) is 0.872. The third-order valence-electron chi connectivity index (χ3n) is 4.06. The minimum atomic E-state index is -4.66. The summed E-state index contributed by atoms with van der Waals surface area (Å²) in [5.41, 5.74) is 6.73. The number of nitrogens with two attached hydrogens (primary N) is 1. The smallest absolute Gasteiger partial charge is 0.369 e. The lowest BCUT2D eigenvalue weighted by atomic mass is 9.85. The maximum atomic E-state index is 12.5. The summed E-state index contributed by atoms with van der Waals surface area (Å²) in [6, 6.07) is 6.80. The van der Waals surface area contributed by atoms with Crippen LogP contribution in [0, 0.1) is 11.8 Å². The predicted octanol–water partition coefficient (Wildman–Crippen LogP) is 3.45. The first-order valence-corrected chi connectivity index (χ1v) is 7.52. The molecule has 1 aromatic heterocycles. The molecular weight excluding hydrogens is 323 g/mol. The summed E-state index contributed by atoms with van der Waals surface area (Å²) >= 11 is 0. The van der Waals surface area contributed by atoms with Gasteiger partial charge in [-0.05, 0) is 17.9 Å². The SMILES string of the molecule is CCC(Cc1ccc(-c2noc(C(F)(F)F)n2)cc1)C(C)C(N)=O. The van der Waals surface area contributed by atoms with Crippen LogP contribution in [0.5, 0.6) is 0 Å². The van der Waals surface area contributed by atoms with E-state index in [1.165, 1.54) is 0 Å². The van der Waals surface area contributed by atoms with E-state index in [2.05, 4.69) is 14.7 Å². The molecule has 1 heterocycles. The van der Waals surface area contributed by atoms with Gasteiger partial charge in [-0.1, -0.05) is 49.7 Å². The predicted molar refractivity (Wildman–Crippen MR) is 80.6 cm³/mol. The molecule has 2 rings (SSSR count). The molecule has 2 aromatic rings. The summed E-state index contributed by atoms with van der Waals surface area (Å²) in [7, 11) is 0. The third kappa shape index (κ3) is 4.12. The molecule has 2 N–H and O–H groups in total. The van der Waals surface area contributed by atoms with Crippen LogP contribution in [0.15, 0.2) is 28.8 Å². The van der Waals surface area contributed by atoms with Crippen molar-refractivity contribution in [3.05, 3.63) is 35.7 Å². The molecule has 0 saturated heterocycles. The molecule has 0 radical (unpaired) electrons. The number of hydrogen-bond donors (Lipinski definition) is 1. The second kappa shape index (κ2) is 7.02. The molecule has 1 aromatic carbocycles. The molecule has 0 aliphatic rings. The van der Waals surface area contributed by atoms with Crippen molar-refractivity contribution in [2.75, 3.05) is 0 Å². The van der Waals surface area contributed by atoms with Crippen molar-refractivity contribution in [1.82, 2.24) is 10.1 Å². The molecule has 2 atom stereocenters. The third-order valence-corrected chi connectivity index (χ3v) is 4.06. The molecule has 0 aliphatic heterocycles. The first-order chi connectivity index (χ1) is 11.2. The zero-order chi connectivity index (χ0) is 17.9. The zero-order valence-corrected chi connectivity index (χ0v) is 13.3. The molecule has 0 bridgehead atoms. The summed E-state index contributed by atoms with van der Waals surface area (Å²) in [5, 5.41) is 3.34. The average Bonchev–Trinajstić information content (AvgIpc) is 3.02. The van der Waals surface area contributed by atoms with Gasteiger partial charge in [-0.3, -0.25) is 4.79 Å². The van der Waals surface area contributed by atoms with E-state index in [0.717, 1.165) is 12.0 Å². The Hall–Kier alpha value is -2.38. The molecule has 24 heavy (non-hydrogen) atoms. The number of nitrogens with zero attached hydrogens (tertiary/aromatic N) is 2. The molecule has 5 nitrogen and oxygen atoms in total. The Morgan fingerprint density at radius 1 is 1.29 bits per heavy atom. The fourth-order valence-electron chi connectivity index (χ4n) is 2.46. The van der Waals surface area contributed by atoms with Crippen LogP contribution in [0.3, 0.4) is 0 Å². The van der Waals surface area contributed by atoms with Crippen molar-refractivity contribution in [2.24, 2.45) is 17.6 Å². The summed E-state index contributed by atoms with van der Waals surface area (Å²) < 4.78 is 41.6. The highest BCUT2D eigenvalue weighted by molar-refractivity contribution is 5.76. The Bertz CT molecular complexity index is 695. The number of carbonyl (C=O) groups is 1. The van der Waals surface area contributed by atoms with Crippen LogP contribution < -0.4 is 5.73 Å². The first kappa shape index (κ1) is 18.0. The minimum absolute atomic E-state index is 0.107. The van der Waals surface area contributed by atoms with Gasteiger partial charge in [-0.25, -0.2) is 0 Å². The Morgan fingerprint density at radius 2 is 1.92 bits per heavy atom. The summed E-state index contributed by atoms with van der Waals surface area (Å²) in [6.07, 6.45) is -3.21. The van der Waals surface area contributed by atoms with E-state index in [0.29, 0.717) is 12.0 Å². The number of benzene rings is 1. The van der Waals surface area contributed by atoms with E-state index >= 15 is 0 Å². The van der Waals surface area contributed by atoms with Crippen molar-refractivity contribution in [3.63, 3.8) is 0 Å². The molecule has 0 fully saturated rings. The minimum Gasteiger partial charge on any atom is -0.369 e. The van der Waals surface area contributed by atoms with Gasteiger partial charge in [0.05, 0.1) is 0 Å². The van der Waals surface area contributed by atoms with Gasteiger partial charge in [0.15, 0.2) is 0 Å². The lowest BCUT2D eigenvalue weighted by molar-refractivity contribution is -0.159. The molecule has 8 heteroatoms. The summed E-state index contributed by atoms with van der Waals surface area (Å²) in [4.78, 5) is 14.7. The van der Waals surface area contributed by atoms with E-state index in [9.17, 15) is 18.0 Å². The molecule has 0 aliphatic carbocycles. The maximum Gasteiger partial charge on any atom is 0.471 e. The van der Waals surface area contributed by atoms with Gasteiger partial charge in [-0.2, -0.15) is 18.2 Å². The Morgan fingerprint density at radius 3 is 2.38 bits per heavy atom. The van der Waals surface area contributed by atoms with Gasteiger partial charge < -0.3 is 10.3 Å². The molecule has 0 saturated carbocycles. The van der Waals surface area contributed by atoms with Crippen molar-refractivity contribution in [1.29, 1.82) is 0 Å². The fourth-order valence-corrected chi connectivity index (χ4v) is 2.46. The Balaban J connectivity index is 2.13. The number of halogens is 3. The monoisotopic (exact) mass is 341 g/mol. The van der Waals surface area contributed by atoms with Crippen LogP contribution in [0.4, 0.5) is 13.2 Å². The van der Waals surface area contributed by atoms with Gasteiger partial charge in [0, 0.05) is 11.5 Å². The number of aromatic nitrogens is 2. The van der Waals surface area contributed by atoms with Gasteiger partial charge in [-0.15, -0.1) is 0 Å². The topological polar surface area (TPSA) is 82.0 Å². The lowest BCUT2D eigenvalue weighted by Crippen LogP contribution is -2.28. The number of alkyl halides is 3. The van der Waals surface area contributed by atoms with E-state index in [1.807, 2.05) is 6.92 Å². The number of amides is 1. The molecule has 2 unspecified atom stereocenters. The van der Waals surface area contributed by atoms with Crippen LogP contribution >= 0.6 is 0 Å². The summed E-state index contributed by atoms with van der Waals surface area (Å²) in [6.45, 7) is 3.78. The largest absolute Gasteiger partial charge is 0.471 e. The van der Waals surface area contributed by atoms with E-state index < -0.39 is 12.1 Å². The number of rotatable bonds is 6. The van der Waals surface area contributed by atoms with E-state index in [1.54, 1.807) is 31.2 Å². The van der Waals surface area contributed by atoms with Crippen LogP contribution in [0.1, 0.15) is 31.7 Å². The van der Waals surface area contributed by atoms with Crippen molar-refractivity contribution < 1.29 is 22.5 Å². The second-order valence-corrected chi connectivity index (χ2v) is 5.68. The lowest BCUT2D eigenvalue weighted by Gasteiger charge is -2.20. The summed E-state index contributed by atoms with van der Waals surface area (Å²) in [5.74, 6) is -1.98. The van der Waals surface area contributed by atoms with Crippen LogP contribution in [0.2, 0.25) is 0 Å². The maximum absolute atomic E-state index is 12.5. The molecule has 0 spiro atoms. The van der Waals surface area contributed by atoms with E-state index in [4.69, 9.17) is 5.73 Å². The van der Waals surface area contributed by atoms with Gasteiger partial charge >= 0.3 is 12.1 Å². The van der Waals surface area contributed by atoms with Crippen molar-refractivity contribution >= 4 is 5.91 Å². The molecule has 130 valence electrons. The molecule has 1 amide bonds. The number of carbonyl (C=O) groups excluding carboxylic acids is 1. The first-order valence-electron chi connectivity index (χ1n) is 7.52. The van der Waals surface area contributed by atoms with Crippen molar-refractivity contribution in [2.45, 2.75) is 32.9 Å². The van der Waals surface area contributed by atoms with Gasteiger partial charge in [0.2, 0.25) is 11.7 Å². The number of primary amides is 1. The normalized spacial score (nSPS) is 14.4. The van der Waals surface area contributed by atoms with Crippen LogP contribution in [-0.4, -0.2) is 16.0 Å². The highest BCUT2D eigenvalue weighted by atomic mass is 19.4. The van der Waals surface area contributed by atoms with Gasteiger partial charge in [0.25, 0.3) is 0 Å².